The molecule has 1 aromatic heterocycles. The van der Waals surface area contributed by atoms with Crippen molar-refractivity contribution in [1.29, 1.82) is 0 Å². The Kier molecular flexibility index (Phi) is 6.30. The lowest BCUT2D eigenvalue weighted by Crippen LogP contribution is -2.39. The number of likely N-dealkylation sites (N-methyl/N-ethyl adjacent to an activating group) is 2. The second kappa shape index (κ2) is 7.74. The van der Waals surface area contributed by atoms with E-state index in [9.17, 15) is 14.4 Å². The van der Waals surface area contributed by atoms with E-state index < -0.39 is 18.5 Å². The summed E-state index contributed by atoms with van der Waals surface area (Å²) in [6.45, 7) is 2.87. The lowest BCUT2D eigenvalue weighted by Gasteiger charge is -2.16. The highest BCUT2D eigenvalue weighted by Gasteiger charge is 2.19. The van der Waals surface area contributed by atoms with Crippen molar-refractivity contribution in [3.63, 3.8) is 0 Å². The Morgan fingerprint density at radius 1 is 1.36 bits per heavy atom. The number of esters is 1. The molecule has 0 saturated heterocycles. The van der Waals surface area contributed by atoms with Gasteiger partial charge in [0.25, 0.3) is 5.91 Å². The monoisotopic (exact) mass is 327 g/mol. The Hall–Kier alpha value is -2.15. The Labute approximate surface area is 133 Å². The molecule has 0 saturated carbocycles. The number of rotatable bonds is 5. The highest BCUT2D eigenvalue weighted by atomic mass is 35.5. The molecule has 7 nitrogen and oxygen atoms in total. The second-order valence-corrected chi connectivity index (χ2v) is 5.10. The maximum absolute atomic E-state index is 12.0. The lowest BCUT2D eigenvalue weighted by molar-refractivity contribution is -0.137. The Morgan fingerprint density at radius 3 is 2.55 bits per heavy atom. The highest BCUT2D eigenvalue weighted by molar-refractivity contribution is 6.32. The number of amides is 2. The normalized spacial score (nSPS) is 10.0. The van der Waals surface area contributed by atoms with Crippen LogP contribution in [0.5, 0.6) is 0 Å². The van der Waals surface area contributed by atoms with Crippen LogP contribution in [-0.2, 0) is 14.3 Å². The largest absolute Gasteiger partial charge is 0.452 e. The molecule has 0 atom stereocenters. The summed E-state index contributed by atoms with van der Waals surface area (Å²) in [5.74, 6) is -1.54. The number of nitrogens with one attached hydrogen (secondary N) is 1. The molecular formula is C14H18ClN3O4. The van der Waals surface area contributed by atoms with Crippen molar-refractivity contribution in [3.05, 3.63) is 28.0 Å². The number of carbonyl (C=O) groups is 3. The van der Waals surface area contributed by atoms with Crippen LogP contribution in [-0.4, -0.2) is 54.9 Å². The van der Waals surface area contributed by atoms with Gasteiger partial charge in [-0.2, -0.15) is 0 Å². The van der Waals surface area contributed by atoms with Crippen molar-refractivity contribution in [2.75, 3.05) is 27.2 Å². The molecule has 0 fully saturated rings. The van der Waals surface area contributed by atoms with Gasteiger partial charge < -0.3 is 15.0 Å². The minimum absolute atomic E-state index is 0.0358. The minimum atomic E-state index is -0.725. The fourth-order valence-corrected chi connectivity index (χ4v) is 2.09. The molecular weight excluding hydrogens is 310 g/mol. The van der Waals surface area contributed by atoms with Gasteiger partial charge in [0.15, 0.2) is 6.61 Å². The number of halogens is 1. The van der Waals surface area contributed by atoms with E-state index in [0.717, 1.165) is 4.90 Å². The van der Waals surface area contributed by atoms with E-state index >= 15 is 0 Å². The molecule has 1 heterocycles. The van der Waals surface area contributed by atoms with E-state index in [-0.39, 0.29) is 23.2 Å². The van der Waals surface area contributed by atoms with Gasteiger partial charge in [0.2, 0.25) is 5.91 Å². The number of ether oxygens (including phenoxy) is 1. The molecule has 1 aromatic rings. The van der Waals surface area contributed by atoms with Gasteiger partial charge in [-0.3, -0.25) is 9.59 Å². The number of carbonyl (C=O) groups excluding carboxylic acids is 3. The third kappa shape index (κ3) is 4.70. The van der Waals surface area contributed by atoms with E-state index in [1.807, 2.05) is 0 Å². The van der Waals surface area contributed by atoms with Crippen LogP contribution >= 0.6 is 11.6 Å². The Morgan fingerprint density at radius 2 is 2.00 bits per heavy atom. The average Bonchev–Trinajstić information content (AvgIpc) is 2.43. The van der Waals surface area contributed by atoms with E-state index in [0.29, 0.717) is 11.3 Å². The number of pyridine rings is 1. The van der Waals surface area contributed by atoms with Gasteiger partial charge >= 0.3 is 5.97 Å². The Bertz CT molecular complexity index is 581. The molecule has 1 N–H and O–H groups in total. The summed E-state index contributed by atoms with van der Waals surface area (Å²) in [6, 6.07) is 1.70. The van der Waals surface area contributed by atoms with Crippen LogP contribution in [0.3, 0.4) is 0 Å². The maximum Gasteiger partial charge on any atom is 0.342 e. The standard InChI is InChI=1S/C14H18ClN3O4/c1-8-5-9(2)17-13(15)12(8)14(21)22-7-11(20)18(4)6-10(19)16-3/h5H,6-7H2,1-4H3,(H,16,19). The molecule has 8 heteroatoms. The average molecular weight is 328 g/mol. The van der Waals surface area contributed by atoms with Gasteiger partial charge in [-0.1, -0.05) is 11.6 Å². The molecule has 2 amide bonds. The van der Waals surface area contributed by atoms with E-state index in [1.165, 1.54) is 14.1 Å². The highest BCUT2D eigenvalue weighted by Crippen LogP contribution is 2.19. The number of nitrogens with zero attached hydrogens (tertiary/aromatic N) is 2. The first-order valence-electron chi connectivity index (χ1n) is 6.51. The topological polar surface area (TPSA) is 88.6 Å². The van der Waals surface area contributed by atoms with Crippen LogP contribution in [0.25, 0.3) is 0 Å². The molecule has 0 aliphatic rings. The van der Waals surface area contributed by atoms with Crippen molar-refractivity contribution in [1.82, 2.24) is 15.2 Å². The van der Waals surface area contributed by atoms with Gasteiger partial charge in [0, 0.05) is 19.8 Å². The first-order valence-corrected chi connectivity index (χ1v) is 6.89. The smallest absolute Gasteiger partial charge is 0.342 e. The molecule has 0 unspecified atom stereocenters. The van der Waals surface area contributed by atoms with Crippen LogP contribution in [0.4, 0.5) is 0 Å². The first kappa shape index (κ1) is 17.9. The maximum atomic E-state index is 12.0. The predicted octanol–water partition coefficient (Wildman–Crippen LogP) is 0.713. The zero-order chi connectivity index (χ0) is 16.9. The van der Waals surface area contributed by atoms with Gasteiger partial charge in [-0.25, -0.2) is 9.78 Å². The van der Waals surface area contributed by atoms with Crippen LogP contribution in [0, 0.1) is 13.8 Å². The van der Waals surface area contributed by atoms with Gasteiger partial charge in [0.1, 0.15) is 5.15 Å². The van der Waals surface area contributed by atoms with Crippen molar-refractivity contribution < 1.29 is 19.1 Å². The summed E-state index contributed by atoms with van der Waals surface area (Å²) in [7, 11) is 2.91. The first-order chi connectivity index (χ1) is 10.3. The number of aromatic nitrogens is 1. The molecule has 0 spiro atoms. The second-order valence-electron chi connectivity index (χ2n) is 4.75. The van der Waals surface area contributed by atoms with Crippen molar-refractivity contribution in [2.45, 2.75) is 13.8 Å². The fraction of sp³-hybridized carbons (Fsp3) is 0.429. The number of hydrogen-bond donors (Lipinski definition) is 1. The summed E-state index contributed by atoms with van der Waals surface area (Å²) in [5.41, 5.74) is 1.43. The molecule has 0 radical (unpaired) electrons. The summed E-state index contributed by atoms with van der Waals surface area (Å²) in [5, 5.41) is 2.43. The molecule has 22 heavy (non-hydrogen) atoms. The van der Waals surface area contributed by atoms with Crippen LogP contribution < -0.4 is 5.32 Å². The van der Waals surface area contributed by atoms with Crippen molar-refractivity contribution in [2.24, 2.45) is 0 Å². The molecule has 1 rings (SSSR count). The molecule has 0 aliphatic heterocycles. The van der Waals surface area contributed by atoms with Gasteiger partial charge in [0.05, 0.1) is 12.1 Å². The van der Waals surface area contributed by atoms with Crippen LogP contribution in [0.2, 0.25) is 5.15 Å². The quantitative estimate of drug-likeness (QED) is 0.635. The molecule has 120 valence electrons. The summed E-state index contributed by atoms with van der Waals surface area (Å²) >= 11 is 5.93. The third-order valence-electron chi connectivity index (χ3n) is 2.92. The summed E-state index contributed by atoms with van der Waals surface area (Å²) in [4.78, 5) is 40.1. The SMILES string of the molecule is CNC(=O)CN(C)C(=O)COC(=O)c1c(C)cc(C)nc1Cl. The predicted molar refractivity (Wildman–Crippen MR) is 80.7 cm³/mol. The van der Waals surface area contributed by atoms with Gasteiger partial charge in [-0.15, -0.1) is 0 Å². The molecule has 0 aromatic carbocycles. The summed E-state index contributed by atoms with van der Waals surface area (Å²) in [6.07, 6.45) is 0. The van der Waals surface area contributed by atoms with Crippen molar-refractivity contribution in [3.8, 4) is 0 Å². The molecule has 0 bridgehead atoms. The minimum Gasteiger partial charge on any atom is -0.452 e. The van der Waals surface area contributed by atoms with Gasteiger partial charge in [-0.05, 0) is 25.5 Å². The van der Waals surface area contributed by atoms with Crippen LogP contribution in [0.15, 0.2) is 6.07 Å². The molecule has 0 aliphatic carbocycles. The fourth-order valence-electron chi connectivity index (χ4n) is 1.73. The zero-order valence-electron chi connectivity index (χ0n) is 12.9. The Balaban J connectivity index is 2.67. The third-order valence-corrected chi connectivity index (χ3v) is 3.19. The van der Waals surface area contributed by atoms with E-state index in [1.54, 1.807) is 19.9 Å². The van der Waals surface area contributed by atoms with E-state index in [4.69, 9.17) is 16.3 Å². The summed E-state index contributed by atoms with van der Waals surface area (Å²) < 4.78 is 4.94. The lowest BCUT2D eigenvalue weighted by atomic mass is 10.1. The van der Waals surface area contributed by atoms with Crippen LogP contribution in [0.1, 0.15) is 21.6 Å². The number of aryl methyl sites for hydroxylation is 2. The zero-order valence-corrected chi connectivity index (χ0v) is 13.7. The van der Waals surface area contributed by atoms with E-state index in [2.05, 4.69) is 10.3 Å². The number of hydrogen-bond acceptors (Lipinski definition) is 5. The van der Waals surface area contributed by atoms with Crippen molar-refractivity contribution >= 4 is 29.4 Å².